The molecule has 0 saturated carbocycles. The molecule has 0 fully saturated rings. The normalized spacial score (nSPS) is 11.0. The molecule has 0 aliphatic carbocycles. The van der Waals surface area contributed by atoms with Gasteiger partial charge in [0.2, 0.25) is 5.13 Å². The van der Waals surface area contributed by atoms with Gasteiger partial charge in [-0.15, -0.1) is 21.5 Å². The van der Waals surface area contributed by atoms with E-state index in [9.17, 15) is 4.79 Å². The van der Waals surface area contributed by atoms with Crippen molar-refractivity contribution in [1.29, 1.82) is 0 Å². The number of hydrogen-bond acceptors (Lipinski definition) is 6. The number of halogens is 1. The third kappa shape index (κ3) is 1.88. The zero-order valence-corrected chi connectivity index (χ0v) is 11.4. The number of thiazole rings is 1. The number of fused-ring (bicyclic) bond motifs is 1. The van der Waals surface area contributed by atoms with Gasteiger partial charge >= 0.3 is 0 Å². The van der Waals surface area contributed by atoms with Crippen molar-refractivity contribution >= 4 is 50.3 Å². The second-order valence-corrected chi connectivity index (χ2v) is 5.80. The van der Waals surface area contributed by atoms with Crippen LogP contribution in [0.4, 0.5) is 5.13 Å². The van der Waals surface area contributed by atoms with Crippen molar-refractivity contribution in [1.82, 2.24) is 19.6 Å². The van der Waals surface area contributed by atoms with Crippen molar-refractivity contribution in [2.75, 3.05) is 5.32 Å². The lowest BCUT2D eigenvalue weighted by Crippen LogP contribution is -2.14. The Balaban J connectivity index is 1.96. The maximum absolute atomic E-state index is 12.1. The number of amides is 1. The van der Waals surface area contributed by atoms with Crippen LogP contribution in [-0.4, -0.2) is 25.5 Å². The van der Waals surface area contributed by atoms with Gasteiger partial charge in [-0.25, -0.2) is 4.98 Å². The topological polar surface area (TPSA) is 72.2 Å². The highest BCUT2D eigenvalue weighted by Crippen LogP contribution is 2.23. The molecule has 0 aromatic carbocycles. The monoisotopic (exact) mass is 299 g/mol. The summed E-state index contributed by atoms with van der Waals surface area (Å²) in [5.41, 5.74) is 0.306. The van der Waals surface area contributed by atoms with Crippen molar-refractivity contribution < 1.29 is 4.79 Å². The number of aryl methyl sites for hydroxylation is 1. The minimum Gasteiger partial charge on any atom is -0.295 e. The third-order valence-electron chi connectivity index (χ3n) is 2.18. The Morgan fingerprint density at radius 1 is 1.50 bits per heavy atom. The average molecular weight is 300 g/mol. The van der Waals surface area contributed by atoms with Crippen LogP contribution in [0, 0.1) is 6.92 Å². The molecule has 0 aliphatic heterocycles. The van der Waals surface area contributed by atoms with Gasteiger partial charge in [-0.05, 0) is 6.92 Å². The van der Waals surface area contributed by atoms with Crippen molar-refractivity contribution in [2.24, 2.45) is 0 Å². The predicted octanol–water partition coefficient (Wildman–Crippen LogP) is 2.46. The number of aromatic nitrogens is 4. The summed E-state index contributed by atoms with van der Waals surface area (Å²) in [5, 5.41) is 13.6. The Hall–Kier alpha value is -1.51. The highest BCUT2D eigenvalue weighted by molar-refractivity contribution is 7.15. The van der Waals surface area contributed by atoms with Crippen LogP contribution in [0.15, 0.2) is 11.6 Å². The van der Waals surface area contributed by atoms with Gasteiger partial charge in [0.05, 0.1) is 0 Å². The van der Waals surface area contributed by atoms with E-state index in [0.29, 0.717) is 15.8 Å². The maximum Gasteiger partial charge on any atom is 0.277 e. The van der Waals surface area contributed by atoms with Gasteiger partial charge in [0.15, 0.2) is 15.8 Å². The van der Waals surface area contributed by atoms with Crippen molar-refractivity contribution in [3.05, 3.63) is 27.4 Å². The first-order valence-corrected chi connectivity index (χ1v) is 6.95. The van der Waals surface area contributed by atoms with Crippen LogP contribution in [0.25, 0.3) is 4.96 Å². The summed E-state index contributed by atoms with van der Waals surface area (Å²) in [4.78, 5) is 16.9. The Kier molecular flexibility index (Phi) is 2.77. The number of hydrogen-bond donors (Lipinski definition) is 1. The second kappa shape index (κ2) is 4.30. The van der Waals surface area contributed by atoms with Crippen LogP contribution in [0.1, 0.15) is 15.5 Å². The molecule has 92 valence electrons. The first-order chi connectivity index (χ1) is 8.65. The molecule has 1 N–H and O–H groups in total. The van der Waals surface area contributed by atoms with E-state index in [-0.39, 0.29) is 11.1 Å². The molecule has 18 heavy (non-hydrogen) atoms. The van der Waals surface area contributed by atoms with E-state index >= 15 is 0 Å². The molecule has 1 amide bonds. The number of anilines is 1. The molecule has 0 spiro atoms. The second-order valence-electron chi connectivity index (χ2n) is 3.39. The molecule has 0 saturated heterocycles. The standard InChI is InChI=1S/C9H6ClN5OS2/c1-4-13-14-8(18-4)12-7(16)5-6(10)11-9-15(5)2-3-17-9/h2-3H,1H3,(H,12,14,16). The lowest BCUT2D eigenvalue weighted by molar-refractivity contribution is 0.102. The molecule has 9 heteroatoms. The Morgan fingerprint density at radius 3 is 3.06 bits per heavy atom. The van der Waals surface area contributed by atoms with Crippen LogP contribution in [-0.2, 0) is 0 Å². The lowest BCUT2D eigenvalue weighted by atomic mass is 10.4. The third-order valence-corrected chi connectivity index (χ3v) is 3.96. The van der Waals surface area contributed by atoms with Crippen molar-refractivity contribution in [2.45, 2.75) is 6.92 Å². The number of nitrogens with one attached hydrogen (secondary N) is 1. The fourth-order valence-corrected chi connectivity index (χ4v) is 3.07. The van der Waals surface area contributed by atoms with E-state index in [4.69, 9.17) is 11.6 Å². The van der Waals surface area contributed by atoms with Gasteiger partial charge in [-0.2, -0.15) is 0 Å². The van der Waals surface area contributed by atoms with E-state index < -0.39 is 0 Å². The van der Waals surface area contributed by atoms with E-state index in [1.54, 1.807) is 10.6 Å². The molecule has 3 aromatic rings. The fourth-order valence-electron chi connectivity index (χ4n) is 1.47. The summed E-state index contributed by atoms with van der Waals surface area (Å²) in [7, 11) is 0. The molecule has 6 nitrogen and oxygen atoms in total. The number of carbonyl (C=O) groups excluding carboxylic acids is 1. The molecule has 0 atom stereocenters. The van der Waals surface area contributed by atoms with Crippen molar-refractivity contribution in [3.8, 4) is 0 Å². The maximum atomic E-state index is 12.1. The lowest BCUT2D eigenvalue weighted by Gasteiger charge is -1.99. The summed E-state index contributed by atoms with van der Waals surface area (Å²) in [5.74, 6) is -0.345. The van der Waals surface area contributed by atoms with E-state index in [1.807, 2.05) is 12.3 Å². The minimum absolute atomic E-state index is 0.181. The van der Waals surface area contributed by atoms with E-state index in [1.165, 1.54) is 22.7 Å². The van der Waals surface area contributed by atoms with Crippen LogP contribution in [0.2, 0.25) is 5.15 Å². The zero-order chi connectivity index (χ0) is 12.7. The number of carbonyl (C=O) groups is 1. The molecular weight excluding hydrogens is 294 g/mol. The molecule has 0 aliphatic rings. The molecule has 3 heterocycles. The van der Waals surface area contributed by atoms with Crippen LogP contribution >= 0.6 is 34.3 Å². The summed E-state index contributed by atoms with van der Waals surface area (Å²) in [6, 6.07) is 0. The average Bonchev–Trinajstić information content (AvgIpc) is 2.94. The van der Waals surface area contributed by atoms with E-state index in [2.05, 4.69) is 20.5 Å². The van der Waals surface area contributed by atoms with Crippen LogP contribution in [0.5, 0.6) is 0 Å². The summed E-state index contributed by atoms with van der Waals surface area (Å²) >= 11 is 8.67. The van der Waals surface area contributed by atoms with Gasteiger partial charge in [0, 0.05) is 11.6 Å². The number of nitrogens with zero attached hydrogens (tertiary/aromatic N) is 4. The molecule has 0 unspecified atom stereocenters. The highest BCUT2D eigenvalue weighted by atomic mass is 35.5. The first-order valence-electron chi connectivity index (χ1n) is 4.87. The molecular formula is C9H6ClN5OS2. The molecule has 3 rings (SSSR count). The fraction of sp³-hybridized carbons (Fsp3) is 0.111. The van der Waals surface area contributed by atoms with Crippen LogP contribution < -0.4 is 5.32 Å². The number of imidazole rings is 1. The van der Waals surface area contributed by atoms with Gasteiger partial charge in [0.25, 0.3) is 5.91 Å². The minimum atomic E-state index is -0.345. The largest absolute Gasteiger partial charge is 0.295 e. The van der Waals surface area contributed by atoms with Crippen LogP contribution in [0.3, 0.4) is 0 Å². The quantitative estimate of drug-likeness (QED) is 0.789. The summed E-state index contributed by atoms with van der Waals surface area (Å²) in [6.45, 7) is 1.82. The summed E-state index contributed by atoms with van der Waals surface area (Å²) < 4.78 is 1.65. The molecule has 3 aromatic heterocycles. The van der Waals surface area contributed by atoms with Gasteiger partial charge < -0.3 is 0 Å². The summed E-state index contributed by atoms with van der Waals surface area (Å²) in [6.07, 6.45) is 1.75. The highest BCUT2D eigenvalue weighted by Gasteiger charge is 2.19. The smallest absolute Gasteiger partial charge is 0.277 e. The Morgan fingerprint density at radius 2 is 2.33 bits per heavy atom. The first kappa shape index (κ1) is 11.6. The Bertz CT molecular complexity index is 730. The molecule has 0 bridgehead atoms. The zero-order valence-electron chi connectivity index (χ0n) is 9.05. The van der Waals surface area contributed by atoms with Gasteiger partial charge in [0.1, 0.15) is 5.01 Å². The van der Waals surface area contributed by atoms with Crippen molar-refractivity contribution in [3.63, 3.8) is 0 Å². The predicted molar refractivity (Wildman–Crippen MR) is 70.7 cm³/mol. The van der Waals surface area contributed by atoms with E-state index in [0.717, 1.165) is 5.01 Å². The van der Waals surface area contributed by atoms with Gasteiger partial charge in [-0.1, -0.05) is 22.9 Å². The molecule has 0 radical (unpaired) electrons. The number of rotatable bonds is 2. The van der Waals surface area contributed by atoms with Gasteiger partial charge in [-0.3, -0.25) is 14.5 Å². The SMILES string of the molecule is Cc1nnc(NC(=O)c2c(Cl)nc3sccn23)s1. The Labute approximate surface area is 114 Å².